The molecule has 5 rings (SSSR count). The van der Waals surface area contributed by atoms with Gasteiger partial charge in [0.2, 0.25) is 0 Å². The Morgan fingerprint density at radius 1 is 0.950 bits per heavy atom. The zero-order valence-electron chi connectivity index (χ0n) is 24.1. The third-order valence-electron chi connectivity index (χ3n) is 9.13. The Balaban J connectivity index is 0.00000370. The van der Waals surface area contributed by atoms with Gasteiger partial charge in [-0.05, 0) is 100.0 Å². The SMILES string of the molecule is C=C([C@@H](Cc1ccc(Cl)cc1)NC1CCNCC1)N1CCC(N(c2ccc(OC)cc2)C2CCCCC2)CC1.Cl. The highest BCUT2D eigenvalue weighted by Gasteiger charge is 2.32. The van der Waals surface area contributed by atoms with Crippen LogP contribution in [0, 0.1) is 0 Å². The van der Waals surface area contributed by atoms with Gasteiger partial charge in [0.05, 0.1) is 13.2 Å². The predicted octanol–water partition coefficient (Wildman–Crippen LogP) is 6.84. The fourth-order valence-corrected chi connectivity index (χ4v) is 7.01. The lowest BCUT2D eigenvalue weighted by atomic mass is 9.90. The lowest BCUT2D eigenvalue weighted by molar-refractivity contribution is 0.221. The molecule has 0 aromatic heterocycles. The lowest BCUT2D eigenvalue weighted by Gasteiger charge is -2.46. The number of ether oxygens (including phenoxy) is 1. The van der Waals surface area contributed by atoms with Crippen molar-refractivity contribution in [3.63, 3.8) is 0 Å². The fraction of sp³-hybridized carbons (Fsp3) is 0.576. The summed E-state index contributed by atoms with van der Waals surface area (Å²) in [6.07, 6.45) is 12.3. The highest BCUT2D eigenvalue weighted by atomic mass is 35.5. The normalized spacial score (nSPS) is 20.0. The highest BCUT2D eigenvalue weighted by Crippen LogP contribution is 2.34. The van der Waals surface area contributed by atoms with Gasteiger partial charge in [-0.3, -0.25) is 0 Å². The van der Waals surface area contributed by atoms with Gasteiger partial charge in [0, 0.05) is 47.6 Å². The summed E-state index contributed by atoms with van der Waals surface area (Å²) in [5, 5.41) is 8.29. The molecule has 3 fully saturated rings. The molecule has 2 aromatic rings. The van der Waals surface area contributed by atoms with Crippen LogP contribution in [-0.4, -0.2) is 62.4 Å². The van der Waals surface area contributed by atoms with Crippen LogP contribution >= 0.6 is 24.0 Å². The zero-order chi connectivity index (χ0) is 27.0. The minimum atomic E-state index is 0. The van der Waals surface area contributed by atoms with E-state index in [4.69, 9.17) is 16.3 Å². The van der Waals surface area contributed by atoms with Crippen LogP contribution in [0.15, 0.2) is 60.8 Å². The van der Waals surface area contributed by atoms with Crippen molar-refractivity contribution in [3.8, 4) is 5.75 Å². The maximum Gasteiger partial charge on any atom is 0.119 e. The van der Waals surface area contributed by atoms with E-state index < -0.39 is 0 Å². The molecule has 0 radical (unpaired) electrons. The molecule has 3 aliphatic rings. The van der Waals surface area contributed by atoms with E-state index in [0.717, 1.165) is 43.4 Å². The first-order valence-electron chi connectivity index (χ1n) is 15.2. The van der Waals surface area contributed by atoms with Gasteiger partial charge in [0.1, 0.15) is 5.75 Å². The molecule has 2 aliphatic heterocycles. The third-order valence-corrected chi connectivity index (χ3v) is 9.39. The number of piperidine rings is 2. The molecule has 40 heavy (non-hydrogen) atoms. The molecule has 1 atom stereocenters. The molecule has 2 aromatic carbocycles. The Kier molecular flexibility index (Phi) is 11.9. The summed E-state index contributed by atoms with van der Waals surface area (Å²) in [6.45, 7) is 8.99. The second kappa shape index (κ2) is 15.3. The van der Waals surface area contributed by atoms with Crippen LogP contribution in [0.1, 0.15) is 63.4 Å². The highest BCUT2D eigenvalue weighted by molar-refractivity contribution is 6.30. The van der Waals surface area contributed by atoms with Crippen LogP contribution < -0.4 is 20.3 Å². The van der Waals surface area contributed by atoms with Crippen LogP contribution in [-0.2, 0) is 6.42 Å². The number of hydrogen-bond acceptors (Lipinski definition) is 5. The summed E-state index contributed by atoms with van der Waals surface area (Å²) >= 11 is 6.18. The van der Waals surface area contributed by atoms with Crippen LogP contribution in [0.5, 0.6) is 5.75 Å². The predicted molar refractivity (Wildman–Crippen MR) is 171 cm³/mol. The van der Waals surface area contributed by atoms with Gasteiger partial charge in [-0.25, -0.2) is 0 Å². The molecule has 2 N–H and O–H groups in total. The number of nitrogens with zero attached hydrogens (tertiary/aromatic N) is 2. The monoisotopic (exact) mass is 586 g/mol. The van der Waals surface area contributed by atoms with Crippen molar-refractivity contribution < 1.29 is 4.74 Å². The van der Waals surface area contributed by atoms with Gasteiger partial charge < -0.3 is 25.2 Å². The van der Waals surface area contributed by atoms with Crippen molar-refractivity contribution in [2.45, 2.75) is 88.4 Å². The molecule has 0 amide bonds. The van der Waals surface area contributed by atoms with Crippen LogP contribution in [0.3, 0.4) is 0 Å². The largest absolute Gasteiger partial charge is 0.497 e. The summed E-state index contributed by atoms with van der Waals surface area (Å²) in [4.78, 5) is 5.34. The summed E-state index contributed by atoms with van der Waals surface area (Å²) in [5.41, 5.74) is 3.91. The topological polar surface area (TPSA) is 39.8 Å². The summed E-state index contributed by atoms with van der Waals surface area (Å²) < 4.78 is 5.45. The second-order valence-electron chi connectivity index (χ2n) is 11.7. The fourth-order valence-electron chi connectivity index (χ4n) is 6.89. The number of nitrogens with one attached hydrogen (secondary N) is 2. The van der Waals surface area contributed by atoms with Crippen molar-refractivity contribution in [2.75, 3.05) is 38.2 Å². The van der Waals surface area contributed by atoms with Crippen molar-refractivity contribution in [3.05, 3.63) is 71.4 Å². The quantitative estimate of drug-likeness (QED) is 0.319. The summed E-state index contributed by atoms with van der Waals surface area (Å²) in [7, 11) is 1.75. The van der Waals surface area contributed by atoms with Gasteiger partial charge in [-0.2, -0.15) is 0 Å². The van der Waals surface area contributed by atoms with E-state index >= 15 is 0 Å². The molecule has 220 valence electrons. The van der Waals surface area contributed by atoms with Crippen molar-refractivity contribution in [1.29, 1.82) is 0 Å². The lowest BCUT2D eigenvalue weighted by Crippen LogP contribution is -2.52. The van der Waals surface area contributed by atoms with Gasteiger partial charge in [0.25, 0.3) is 0 Å². The van der Waals surface area contributed by atoms with Gasteiger partial charge in [-0.15, -0.1) is 12.4 Å². The molecule has 1 aliphatic carbocycles. The zero-order valence-corrected chi connectivity index (χ0v) is 25.7. The smallest absolute Gasteiger partial charge is 0.119 e. The second-order valence-corrected chi connectivity index (χ2v) is 12.1. The third kappa shape index (κ3) is 8.09. The number of hydrogen-bond donors (Lipinski definition) is 2. The van der Waals surface area contributed by atoms with Crippen LogP contribution in [0.25, 0.3) is 0 Å². The van der Waals surface area contributed by atoms with Crippen molar-refractivity contribution >= 4 is 29.7 Å². The van der Waals surface area contributed by atoms with E-state index in [1.54, 1.807) is 7.11 Å². The van der Waals surface area contributed by atoms with Crippen LogP contribution in [0.4, 0.5) is 5.69 Å². The van der Waals surface area contributed by atoms with E-state index in [1.165, 1.54) is 74.7 Å². The molecule has 1 saturated carbocycles. The molecular weight excluding hydrogens is 539 g/mol. The minimum Gasteiger partial charge on any atom is -0.497 e. The van der Waals surface area contributed by atoms with Gasteiger partial charge >= 0.3 is 0 Å². The standard InChI is InChI=1S/C33H47ClN4O.ClH/c1-25(33(36-28-16-20-35-21-17-28)24-26-8-10-27(34)11-9-26)37-22-18-31(19-23-37)38(29-6-4-3-5-7-29)30-12-14-32(39-2)15-13-30;/h8-15,28-29,31,33,35-36H,1,3-7,16-24H2,2H3;1H/t33-;/m1./s1. The average molecular weight is 588 g/mol. The van der Waals surface area contributed by atoms with Crippen LogP contribution in [0.2, 0.25) is 5.02 Å². The molecule has 2 saturated heterocycles. The Labute approximate surface area is 253 Å². The summed E-state index contributed by atoms with van der Waals surface area (Å²) in [6, 6.07) is 19.1. The Morgan fingerprint density at radius 3 is 2.20 bits per heavy atom. The van der Waals surface area contributed by atoms with E-state index in [1.807, 2.05) is 12.1 Å². The Bertz CT molecular complexity index is 1030. The van der Waals surface area contributed by atoms with Gasteiger partial charge in [0.15, 0.2) is 0 Å². The Morgan fingerprint density at radius 2 is 1.57 bits per heavy atom. The number of rotatable bonds is 10. The van der Waals surface area contributed by atoms with E-state index in [9.17, 15) is 0 Å². The summed E-state index contributed by atoms with van der Waals surface area (Å²) in [5.74, 6) is 0.932. The first kappa shape index (κ1) is 31.0. The number of likely N-dealkylation sites (tertiary alicyclic amines) is 1. The maximum absolute atomic E-state index is 6.18. The Hall–Kier alpha value is -1.92. The number of methoxy groups -OCH3 is 1. The maximum atomic E-state index is 6.18. The molecular formula is C33H48Cl2N4O. The first-order valence-corrected chi connectivity index (χ1v) is 15.6. The van der Waals surface area contributed by atoms with Crippen molar-refractivity contribution in [1.82, 2.24) is 15.5 Å². The molecule has 2 heterocycles. The number of anilines is 1. The molecule has 7 heteroatoms. The van der Waals surface area contributed by atoms with E-state index in [-0.39, 0.29) is 18.4 Å². The molecule has 0 unspecified atom stereocenters. The minimum absolute atomic E-state index is 0. The molecule has 5 nitrogen and oxygen atoms in total. The number of benzene rings is 2. The molecule has 0 bridgehead atoms. The first-order chi connectivity index (χ1) is 19.1. The average Bonchev–Trinajstić information content (AvgIpc) is 2.99. The van der Waals surface area contributed by atoms with E-state index in [2.05, 4.69) is 63.4 Å². The van der Waals surface area contributed by atoms with Crippen molar-refractivity contribution in [2.24, 2.45) is 0 Å². The van der Waals surface area contributed by atoms with E-state index in [0.29, 0.717) is 18.1 Å². The van der Waals surface area contributed by atoms with Gasteiger partial charge in [-0.1, -0.05) is 49.6 Å². The number of halogens is 2. The molecule has 0 spiro atoms.